The van der Waals surface area contributed by atoms with Gasteiger partial charge in [0.25, 0.3) is 0 Å². The number of aryl methyl sites for hydroxylation is 3. The predicted molar refractivity (Wildman–Crippen MR) is 61.8 cm³/mol. The highest BCUT2D eigenvalue weighted by Gasteiger charge is 2.24. The Morgan fingerprint density at radius 1 is 0.824 bits per heavy atom. The number of ether oxygens (including phenoxy) is 1. The van der Waals surface area contributed by atoms with Crippen molar-refractivity contribution in [3.05, 3.63) is 34.4 Å². The zero-order chi connectivity index (χ0) is 11.8. The van der Waals surface area contributed by atoms with Crippen LogP contribution in [0.1, 0.15) is 46.3 Å². The largest absolute Gasteiger partial charge is 0.389 e. The summed E-state index contributed by atoms with van der Waals surface area (Å²) in [4.78, 5) is 23.0. The number of benzene rings is 1. The lowest BCUT2D eigenvalue weighted by atomic mass is 9.87. The van der Waals surface area contributed by atoms with E-state index >= 15 is 0 Å². The first-order chi connectivity index (χ1) is 8.24. The van der Waals surface area contributed by atoms with Crippen LogP contribution in [0.25, 0.3) is 0 Å². The Labute approximate surface area is 99.8 Å². The van der Waals surface area contributed by atoms with E-state index in [4.69, 9.17) is 4.74 Å². The first-order valence-electron chi connectivity index (χ1n) is 6.14. The van der Waals surface area contributed by atoms with E-state index in [0.717, 1.165) is 18.4 Å². The molecule has 3 nitrogen and oxygen atoms in total. The molecule has 3 rings (SSSR count). The summed E-state index contributed by atoms with van der Waals surface area (Å²) in [5, 5.41) is 0. The van der Waals surface area contributed by atoms with E-state index in [2.05, 4.69) is 6.07 Å². The van der Waals surface area contributed by atoms with Gasteiger partial charge in [0.15, 0.2) is 0 Å². The third kappa shape index (κ3) is 1.86. The molecule has 0 atom stereocenters. The summed E-state index contributed by atoms with van der Waals surface area (Å²) in [6.45, 7) is 0. The van der Waals surface area contributed by atoms with Crippen molar-refractivity contribution in [3.8, 4) is 0 Å². The van der Waals surface area contributed by atoms with Crippen molar-refractivity contribution >= 4 is 11.9 Å². The van der Waals surface area contributed by atoms with Crippen LogP contribution in [0.5, 0.6) is 0 Å². The lowest BCUT2D eigenvalue weighted by Gasteiger charge is -2.17. The van der Waals surface area contributed by atoms with Crippen molar-refractivity contribution in [3.63, 3.8) is 0 Å². The first kappa shape index (κ1) is 10.5. The molecule has 0 unspecified atom stereocenters. The van der Waals surface area contributed by atoms with Gasteiger partial charge in [-0.3, -0.25) is 4.79 Å². The molecule has 88 valence electrons. The first-order valence-corrected chi connectivity index (χ1v) is 6.14. The summed E-state index contributed by atoms with van der Waals surface area (Å²) in [6.07, 6.45) is 5.44. The second-order valence-corrected chi connectivity index (χ2v) is 4.75. The fraction of sp³-hybridized carbons (Fsp3) is 0.429. The van der Waals surface area contributed by atoms with Gasteiger partial charge in [0.2, 0.25) is 0 Å². The molecule has 1 aliphatic heterocycles. The second-order valence-electron chi connectivity index (χ2n) is 4.75. The molecule has 0 bridgehead atoms. The van der Waals surface area contributed by atoms with Crippen molar-refractivity contribution in [1.29, 1.82) is 0 Å². The molecular formula is C14H14O3. The van der Waals surface area contributed by atoms with Gasteiger partial charge in [0.1, 0.15) is 0 Å². The number of fused-ring (bicyclic) bond motifs is 2. The summed E-state index contributed by atoms with van der Waals surface area (Å²) >= 11 is 0. The lowest BCUT2D eigenvalue weighted by molar-refractivity contribution is -0.137. The van der Waals surface area contributed by atoms with Crippen LogP contribution in [-0.2, 0) is 28.8 Å². The van der Waals surface area contributed by atoms with E-state index in [1.807, 2.05) is 6.07 Å². The number of hydrogen-bond acceptors (Lipinski definition) is 3. The molecule has 1 aromatic rings. The molecule has 1 heterocycles. The van der Waals surface area contributed by atoms with Crippen LogP contribution in [0.15, 0.2) is 12.1 Å². The maximum atomic E-state index is 11.8. The maximum absolute atomic E-state index is 11.8. The zero-order valence-electron chi connectivity index (χ0n) is 9.62. The van der Waals surface area contributed by atoms with E-state index in [0.29, 0.717) is 18.4 Å². The summed E-state index contributed by atoms with van der Waals surface area (Å²) < 4.78 is 4.75. The molecule has 17 heavy (non-hydrogen) atoms. The van der Waals surface area contributed by atoms with Gasteiger partial charge >= 0.3 is 11.9 Å². The van der Waals surface area contributed by atoms with Gasteiger partial charge in [-0.25, -0.2) is 4.79 Å². The number of cyclic esters (lactones) is 2. The minimum Gasteiger partial charge on any atom is -0.389 e. The fourth-order valence-corrected chi connectivity index (χ4v) is 2.68. The number of rotatable bonds is 0. The van der Waals surface area contributed by atoms with Crippen molar-refractivity contribution in [2.75, 3.05) is 0 Å². The Hall–Kier alpha value is -1.64. The Bertz CT molecular complexity index is 502. The lowest BCUT2D eigenvalue weighted by Crippen LogP contribution is -2.11. The van der Waals surface area contributed by atoms with Crippen LogP contribution >= 0.6 is 0 Å². The molecule has 0 saturated heterocycles. The Morgan fingerprint density at radius 3 is 2.29 bits per heavy atom. The minimum absolute atomic E-state index is 0.303. The molecule has 0 saturated carbocycles. The van der Waals surface area contributed by atoms with Crippen molar-refractivity contribution in [2.45, 2.75) is 38.5 Å². The topological polar surface area (TPSA) is 43.4 Å². The summed E-state index contributed by atoms with van der Waals surface area (Å²) in [5.41, 5.74) is 4.16. The molecule has 0 aromatic heterocycles. The van der Waals surface area contributed by atoms with Crippen LogP contribution in [0.4, 0.5) is 0 Å². The third-order valence-corrected chi connectivity index (χ3v) is 3.59. The zero-order valence-corrected chi connectivity index (χ0v) is 9.62. The van der Waals surface area contributed by atoms with Crippen molar-refractivity contribution in [1.82, 2.24) is 0 Å². The van der Waals surface area contributed by atoms with Crippen LogP contribution in [0.2, 0.25) is 0 Å². The molecule has 0 fully saturated rings. The Kier molecular flexibility index (Phi) is 2.46. The molecule has 0 N–H and O–H groups in total. The number of carbonyl (C=O) groups excluding carboxylic acids is 2. The van der Waals surface area contributed by atoms with E-state index in [9.17, 15) is 9.59 Å². The quantitative estimate of drug-likeness (QED) is 0.507. The summed E-state index contributed by atoms with van der Waals surface area (Å²) in [7, 11) is 0. The highest BCUT2D eigenvalue weighted by Crippen LogP contribution is 2.27. The summed E-state index contributed by atoms with van der Waals surface area (Å²) in [5.74, 6) is -0.889. The van der Waals surface area contributed by atoms with Crippen LogP contribution in [-0.4, -0.2) is 11.9 Å². The average Bonchev–Trinajstić information content (AvgIpc) is 2.47. The number of hydrogen-bond donors (Lipinski definition) is 0. The van der Waals surface area contributed by atoms with Gasteiger partial charge in [-0.1, -0.05) is 6.07 Å². The third-order valence-electron chi connectivity index (χ3n) is 3.59. The predicted octanol–water partition coefficient (Wildman–Crippen LogP) is 2.20. The molecule has 2 aliphatic rings. The van der Waals surface area contributed by atoms with Gasteiger partial charge < -0.3 is 4.74 Å². The second kappa shape index (κ2) is 3.99. The van der Waals surface area contributed by atoms with Gasteiger partial charge in [0, 0.05) is 0 Å². The number of esters is 2. The number of carbonyl (C=O) groups is 2. The molecule has 1 aliphatic carbocycles. The van der Waals surface area contributed by atoms with E-state index in [1.165, 1.54) is 24.0 Å². The van der Waals surface area contributed by atoms with Gasteiger partial charge in [-0.15, -0.1) is 0 Å². The molecule has 0 spiro atoms. The highest BCUT2D eigenvalue weighted by molar-refractivity contribution is 5.99. The van der Waals surface area contributed by atoms with E-state index in [-0.39, 0.29) is 0 Å². The van der Waals surface area contributed by atoms with Crippen molar-refractivity contribution < 1.29 is 14.3 Å². The van der Waals surface area contributed by atoms with Crippen LogP contribution in [0.3, 0.4) is 0 Å². The summed E-state index contributed by atoms with van der Waals surface area (Å²) in [6, 6.07) is 4.04. The highest BCUT2D eigenvalue weighted by atomic mass is 16.6. The Morgan fingerprint density at radius 2 is 1.53 bits per heavy atom. The minimum atomic E-state index is -0.476. The van der Waals surface area contributed by atoms with Gasteiger partial charge in [-0.2, -0.15) is 0 Å². The SMILES string of the molecule is O=C1CCc2cc3c(cc2C(=O)O1)CCCC3. The van der Waals surface area contributed by atoms with Crippen LogP contribution < -0.4 is 0 Å². The maximum Gasteiger partial charge on any atom is 0.346 e. The van der Waals surface area contributed by atoms with Crippen LogP contribution in [0, 0.1) is 0 Å². The average molecular weight is 230 g/mol. The van der Waals surface area contributed by atoms with Gasteiger partial charge in [-0.05, 0) is 54.9 Å². The normalized spacial score (nSPS) is 19.1. The molecule has 0 radical (unpaired) electrons. The smallest absolute Gasteiger partial charge is 0.346 e. The monoisotopic (exact) mass is 230 g/mol. The van der Waals surface area contributed by atoms with Gasteiger partial charge in [0.05, 0.1) is 12.0 Å². The molecule has 3 heteroatoms. The molecular weight excluding hydrogens is 216 g/mol. The standard InChI is InChI=1S/C14H14O3/c15-13-6-5-11-7-9-3-1-2-4-10(9)8-12(11)14(16)17-13/h7-8H,1-6H2. The van der Waals surface area contributed by atoms with Crippen molar-refractivity contribution in [2.24, 2.45) is 0 Å². The fourth-order valence-electron chi connectivity index (χ4n) is 2.68. The Balaban J connectivity index is 2.09. The van der Waals surface area contributed by atoms with E-state index in [1.54, 1.807) is 0 Å². The molecule has 1 aromatic carbocycles. The van der Waals surface area contributed by atoms with E-state index < -0.39 is 11.9 Å². The molecule has 0 amide bonds.